The Labute approximate surface area is 185 Å². The number of allylic oxidation sites excluding steroid dienone is 1. The molecule has 0 aliphatic carbocycles. The number of hydrogen-bond donors (Lipinski definition) is 1. The third-order valence-electron chi connectivity index (χ3n) is 4.31. The van der Waals surface area contributed by atoms with E-state index >= 15 is 0 Å². The average molecular weight is 443 g/mol. The SMILES string of the molecule is C=CCn1c(COc2ccccc2Cl)nnc1SCC(=O)NC(C)c1ccccc1. The molecule has 0 spiro atoms. The van der Waals surface area contributed by atoms with Gasteiger partial charge < -0.3 is 10.1 Å². The summed E-state index contributed by atoms with van der Waals surface area (Å²) in [5, 5.41) is 12.6. The highest BCUT2D eigenvalue weighted by Gasteiger charge is 2.16. The lowest BCUT2D eigenvalue weighted by Crippen LogP contribution is -2.28. The quantitative estimate of drug-likeness (QED) is 0.365. The Morgan fingerprint density at radius 1 is 1.23 bits per heavy atom. The van der Waals surface area contributed by atoms with Crippen molar-refractivity contribution in [2.75, 3.05) is 5.75 Å². The minimum Gasteiger partial charge on any atom is -0.484 e. The molecule has 1 unspecified atom stereocenters. The standard InChI is InChI=1S/C22H23ClN4O2S/c1-3-13-27-20(14-29-19-12-8-7-11-18(19)23)25-26-22(27)30-15-21(28)24-16(2)17-9-5-4-6-10-17/h3-12,16H,1,13-15H2,2H3,(H,24,28). The number of rotatable bonds is 10. The van der Waals surface area contributed by atoms with E-state index in [1.807, 2.05) is 54.0 Å². The van der Waals surface area contributed by atoms with Crippen molar-refractivity contribution in [3.05, 3.63) is 83.7 Å². The van der Waals surface area contributed by atoms with Gasteiger partial charge in [0.1, 0.15) is 12.4 Å². The Bertz CT molecular complexity index is 994. The molecule has 1 aromatic heterocycles. The normalized spacial score (nSPS) is 11.7. The van der Waals surface area contributed by atoms with Gasteiger partial charge in [-0.05, 0) is 24.6 Å². The van der Waals surface area contributed by atoms with E-state index in [1.165, 1.54) is 11.8 Å². The first-order valence-electron chi connectivity index (χ1n) is 9.46. The first-order valence-corrected chi connectivity index (χ1v) is 10.8. The van der Waals surface area contributed by atoms with Crippen LogP contribution in [0.25, 0.3) is 0 Å². The van der Waals surface area contributed by atoms with Crippen LogP contribution in [-0.2, 0) is 17.9 Å². The minimum absolute atomic E-state index is 0.0649. The third-order valence-corrected chi connectivity index (χ3v) is 5.59. The summed E-state index contributed by atoms with van der Waals surface area (Å²) in [6, 6.07) is 17.0. The first kappa shape index (κ1) is 21.9. The molecule has 0 saturated carbocycles. The van der Waals surface area contributed by atoms with Gasteiger partial charge in [-0.2, -0.15) is 0 Å². The fraction of sp³-hybridized carbons (Fsp3) is 0.227. The maximum absolute atomic E-state index is 12.4. The van der Waals surface area contributed by atoms with E-state index in [-0.39, 0.29) is 24.3 Å². The number of carbonyl (C=O) groups excluding carboxylic acids is 1. The number of nitrogens with zero attached hydrogens (tertiary/aromatic N) is 3. The predicted molar refractivity (Wildman–Crippen MR) is 120 cm³/mol. The Hall–Kier alpha value is -2.77. The van der Waals surface area contributed by atoms with Crippen LogP contribution in [0.15, 0.2) is 72.4 Å². The topological polar surface area (TPSA) is 69.0 Å². The molecule has 0 saturated heterocycles. The molecule has 3 aromatic rings. The smallest absolute Gasteiger partial charge is 0.230 e. The number of benzene rings is 2. The number of halogens is 1. The number of thioether (sulfide) groups is 1. The summed E-state index contributed by atoms with van der Waals surface area (Å²) in [6.45, 7) is 6.48. The number of hydrogen-bond acceptors (Lipinski definition) is 5. The molecule has 1 amide bonds. The number of carbonyl (C=O) groups is 1. The molecular weight excluding hydrogens is 420 g/mol. The van der Waals surface area contributed by atoms with Gasteiger partial charge in [-0.1, -0.05) is 71.9 Å². The van der Waals surface area contributed by atoms with Crippen molar-refractivity contribution in [1.29, 1.82) is 0 Å². The Morgan fingerprint density at radius 2 is 1.97 bits per heavy atom. The second kappa shape index (κ2) is 10.8. The van der Waals surface area contributed by atoms with Gasteiger partial charge in [0, 0.05) is 6.54 Å². The van der Waals surface area contributed by atoms with E-state index < -0.39 is 0 Å². The van der Waals surface area contributed by atoms with E-state index in [1.54, 1.807) is 18.2 Å². The van der Waals surface area contributed by atoms with Crippen molar-refractivity contribution in [2.45, 2.75) is 31.3 Å². The highest BCUT2D eigenvalue weighted by Crippen LogP contribution is 2.25. The molecular formula is C22H23ClN4O2S. The molecule has 6 nitrogen and oxygen atoms in total. The first-order chi connectivity index (χ1) is 14.6. The van der Waals surface area contributed by atoms with Gasteiger partial charge in [0.2, 0.25) is 5.91 Å². The molecule has 0 bridgehead atoms. The fourth-order valence-electron chi connectivity index (χ4n) is 2.79. The molecule has 0 fully saturated rings. The van der Waals surface area contributed by atoms with Crippen molar-refractivity contribution in [1.82, 2.24) is 20.1 Å². The lowest BCUT2D eigenvalue weighted by Gasteiger charge is -2.14. The van der Waals surface area contributed by atoms with Crippen LogP contribution in [0, 0.1) is 0 Å². The minimum atomic E-state index is -0.0710. The summed E-state index contributed by atoms with van der Waals surface area (Å²) in [6.07, 6.45) is 1.75. The third kappa shape index (κ3) is 5.87. The number of ether oxygens (including phenoxy) is 1. The number of nitrogens with one attached hydrogen (secondary N) is 1. The summed E-state index contributed by atoms with van der Waals surface area (Å²) in [4.78, 5) is 12.4. The number of aromatic nitrogens is 3. The van der Waals surface area contributed by atoms with E-state index in [9.17, 15) is 4.79 Å². The van der Waals surface area contributed by atoms with Crippen LogP contribution in [0.3, 0.4) is 0 Å². The van der Waals surface area contributed by atoms with Crippen LogP contribution in [-0.4, -0.2) is 26.4 Å². The van der Waals surface area contributed by atoms with Gasteiger partial charge in [-0.3, -0.25) is 9.36 Å². The molecule has 3 rings (SSSR count). The Balaban J connectivity index is 1.59. The lowest BCUT2D eigenvalue weighted by atomic mass is 10.1. The second-order valence-corrected chi connectivity index (χ2v) is 7.86. The van der Waals surface area contributed by atoms with Crippen LogP contribution in [0.2, 0.25) is 5.02 Å². The lowest BCUT2D eigenvalue weighted by molar-refractivity contribution is -0.119. The fourth-order valence-corrected chi connectivity index (χ4v) is 3.76. The Kier molecular flexibility index (Phi) is 7.93. The van der Waals surface area contributed by atoms with E-state index in [4.69, 9.17) is 16.3 Å². The number of para-hydroxylation sites is 1. The van der Waals surface area contributed by atoms with Crippen LogP contribution in [0.1, 0.15) is 24.4 Å². The van der Waals surface area contributed by atoms with E-state index in [0.29, 0.717) is 28.3 Å². The van der Waals surface area contributed by atoms with E-state index in [0.717, 1.165) is 5.56 Å². The molecule has 1 N–H and O–H groups in total. The summed E-state index contributed by atoms with van der Waals surface area (Å²) >= 11 is 7.46. The molecule has 2 aromatic carbocycles. The highest BCUT2D eigenvalue weighted by molar-refractivity contribution is 7.99. The number of amides is 1. The summed E-state index contributed by atoms with van der Waals surface area (Å²) in [5.41, 5.74) is 1.06. The second-order valence-electron chi connectivity index (χ2n) is 6.51. The van der Waals surface area contributed by atoms with Crippen molar-refractivity contribution >= 4 is 29.3 Å². The summed E-state index contributed by atoms with van der Waals surface area (Å²) in [5.74, 6) is 1.38. The highest BCUT2D eigenvalue weighted by atomic mass is 35.5. The Morgan fingerprint density at radius 3 is 2.70 bits per heavy atom. The maximum atomic E-state index is 12.4. The van der Waals surface area contributed by atoms with Gasteiger partial charge in [0.15, 0.2) is 11.0 Å². The van der Waals surface area contributed by atoms with Gasteiger partial charge in [-0.25, -0.2) is 0 Å². The van der Waals surface area contributed by atoms with E-state index in [2.05, 4.69) is 22.1 Å². The predicted octanol–water partition coefficient (Wildman–Crippen LogP) is 4.67. The molecule has 0 aliphatic heterocycles. The summed E-state index contributed by atoms with van der Waals surface area (Å²) in [7, 11) is 0. The average Bonchev–Trinajstić information content (AvgIpc) is 3.14. The molecule has 30 heavy (non-hydrogen) atoms. The monoisotopic (exact) mass is 442 g/mol. The molecule has 1 atom stereocenters. The van der Waals surface area contributed by atoms with Crippen LogP contribution in [0.5, 0.6) is 5.75 Å². The van der Waals surface area contributed by atoms with Crippen LogP contribution in [0.4, 0.5) is 0 Å². The van der Waals surface area contributed by atoms with Crippen LogP contribution >= 0.6 is 23.4 Å². The van der Waals surface area contributed by atoms with Crippen LogP contribution < -0.4 is 10.1 Å². The molecule has 0 radical (unpaired) electrons. The van der Waals surface area contributed by atoms with Crippen molar-refractivity contribution in [2.24, 2.45) is 0 Å². The van der Waals surface area contributed by atoms with Crippen molar-refractivity contribution in [3.8, 4) is 5.75 Å². The van der Waals surface area contributed by atoms with Gasteiger partial charge >= 0.3 is 0 Å². The molecule has 8 heteroatoms. The molecule has 1 heterocycles. The van der Waals surface area contributed by atoms with Crippen molar-refractivity contribution in [3.63, 3.8) is 0 Å². The zero-order valence-electron chi connectivity index (χ0n) is 16.6. The molecule has 0 aliphatic rings. The summed E-state index contributed by atoms with van der Waals surface area (Å²) < 4.78 is 7.65. The van der Waals surface area contributed by atoms with Gasteiger partial charge in [0.05, 0.1) is 16.8 Å². The zero-order chi connectivity index (χ0) is 21.3. The largest absolute Gasteiger partial charge is 0.484 e. The van der Waals surface area contributed by atoms with Gasteiger partial charge in [-0.15, -0.1) is 16.8 Å². The molecule has 156 valence electrons. The zero-order valence-corrected chi connectivity index (χ0v) is 18.2. The van der Waals surface area contributed by atoms with Gasteiger partial charge in [0.25, 0.3) is 0 Å². The van der Waals surface area contributed by atoms with Crippen molar-refractivity contribution < 1.29 is 9.53 Å². The maximum Gasteiger partial charge on any atom is 0.230 e.